The van der Waals surface area contributed by atoms with Crippen molar-refractivity contribution in [1.82, 2.24) is 5.43 Å². The van der Waals surface area contributed by atoms with Gasteiger partial charge in [-0.25, -0.2) is 4.39 Å². The van der Waals surface area contributed by atoms with E-state index in [1.54, 1.807) is 12.1 Å². The Kier molecular flexibility index (Phi) is 4.93. The molecule has 0 aliphatic rings. The Morgan fingerprint density at radius 1 is 1.26 bits per heavy atom. The maximum Gasteiger partial charge on any atom is 0.127 e. The molecule has 0 aromatic heterocycles. The lowest BCUT2D eigenvalue weighted by atomic mass is 9.99. The van der Waals surface area contributed by atoms with E-state index < -0.39 is 0 Å². The van der Waals surface area contributed by atoms with Crippen molar-refractivity contribution in [2.45, 2.75) is 12.5 Å². The fourth-order valence-electron chi connectivity index (χ4n) is 1.93. The fraction of sp³-hybridized carbons (Fsp3) is 0.143. The molecule has 3 N–H and O–H groups in total. The van der Waals surface area contributed by atoms with Crippen molar-refractivity contribution in [3.63, 3.8) is 0 Å². The van der Waals surface area contributed by atoms with Gasteiger partial charge in [0.15, 0.2) is 0 Å². The molecule has 2 aromatic carbocycles. The minimum Gasteiger partial charge on any atom is -0.271 e. The smallest absolute Gasteiger partial charge is 0.127 e. The van der Waals surface area contributed by atoms with E-state index in [2.05, 4.69) is 21.4 Å². The van der Waals surface area contributed by atoms with Crippen LogP contribution in [-0.4, -0.2) is 0 Å². The Labute approximate surface area is 124 Å². The van der Waals surface area contributed by atoms with E-state index in [1.165, 1.54) is 6.07 Å². The van der Waals surface area contributed by atoms with Crippen LogP contribution in [0.5, 0.6) is 0 Å². The lowest BCUT2D eigenvalue weighted by Gasteiger charge is -2.18. The topological polar surface area (TPSA) is 38.0 Å². The molecule has 0 heterocycles. The quantitative estimate of drug-likeness (QED) is 0.651. The van der Waals surface area contributed by atoms with Gasteiger partial charge in [0.2, 0.25) is 0 Å². The van der Waals surface area contributed by atoms with Gasteiger partial charge in [-0.1, -0.05) is 45.7 Å². The van der Waals surface area contributed by atoms with Crippen molar-refractivity contribution in [1.29, 1.82) is 0 Å². The van der Waals surface area contributed by atoms with E-state index in [9.17, 15) is 4.39 Å². The molecule has 100 valence electrons. The third-order valence-corrected chi connectivity index (χ3v) is 3.77. The van der Waals surface area contributed by atoms with Gasteiger partial charge in [-0.15, -0.1) is 0 Å². The zero-order valence-corrected chi connectivity index (χ0v) is 12.4. The Morgan fingerprint density at radius 3 is 2.63 bits per heavy atom. The van der Waals surface area contributed by atoms with Crippen LogP contribution in [0.3, 0.4) is 0 Å². The first-order valence-corrected chi connectivity index (χ1v) is 6.93. The maximum atomic E-state index is 13.8. The summed E-state index contributed by atoms with van der Waals surface area (Å²) in [7, 11) is 0. The summed E-state index contributed by atoms with van der Waals surface area (Å²) in [5.74, 6) is 5.26. The van der Waals surface area contributed by atoms with Crippen LogP contribution < -0.4 is 11.3 Å². The normalized spacial score (nSPS) is 12.4. The monoisotopic (exact) mass is 342 g/mol. The van der Waals surface area contributed by atoms with Gasteiger partial charge in [0.05, 0.1) is 6.04 Å². The highest BCUT2D eigenvalue weighted by Crippen LogP contribution is 2.26. The standard InChI is InChI=1S/C14H13BrClFN2/c15-10-4-1-3-9(7-10)14(19-18)8-11-12(16)5-2-6-13(11)17/h1-7,14,19H,8,18H2. The molecule has 0 saturated heterocycles. The predicted octanol–water partition coefficient (Wildman–Crippen LogP) is 3.99. The second-order valence-corrected chi connectivity index (χ2v) is 5.50. The van der Waals surface area contributed by atoms with Crippen LogP contribution in [0, 0.1) is 5.82 Å². The first-order valence-electron chi connectivity index (χ1n) is 5.76. The molecule has 0 aliphatic heterocycles. The van der Waals surface area contributed by atoms with Crippen LogP contribution in [0.1, 0.15) is 17.2 Å². The third-order valence-electron chi connectivity index (χ3n) is 2.92. The number of hydrazine groups is 1. The lowest BCUT2D eigenvalue weighted by molar-refractivity contribution is 0.529. The van der Waals surface area contributed by atoms with E-state index >= 15 is 0 Å². The minimum absolute atomic E-state index is 0.202. The molecule has 2 rings (SSSR count). The summed E-state index contributed by atoms with van der Waals surface area (Å²) in [5, 5.41) is 0.412. The number of hydrogen-bond donors (Lipinski definition) is 2. The summed E-state index contributed by atoms with van der Waals surface area (Å²) in [6.07, 6.45) is 0.387. The summed E-state index contributed by atoms with van der Waals surface area (Å²) in [6.45, 7) is 0. The van der Waals surface area contributed by atoms with Crippen molar-refractivity contribution >= 4 is 27.5 Å². The average molecular weight is 344 g/mol. The number of nitrogens with two attached hydrogens (primary N) is 1. The number of halogens is 3. The maximum absolute atomic E-state index is 13.8. The minimum atomic E-state index is -0.317. The van der Waals surface area contributed by atoms with E-state index in [4.69, 9.17) is 17.4 Å². The fourth-order valence-corrected chi connectivity index (χ4v) is 2.58. The van der Waals surface area contributed by atoms with E-state index in [0.29, 0.717) is 17.0 Å². The largest absolute Gasteiger partial charge is 0.271 e. The molecule has 0 fully saturated rings. The highest BCUT2D eigenvalue weighted by molar-refractivity contribution is 9.10. The van der Waals surface area contributed by atoms with Crippen molar-refractivity contribution in [3.05, 3.63) is 68.9 Å². The molecule has 2 aromatic rings. The van der Waals surface area contributed by atoms with Crippen LogP contribution in [0.4, 0.5) is 4.39 Å². The SMILES string of the molecule is NNC(Cc1c(F)cccc1Cl)c1cccc(Br)c1. The van der Waals surface area contributed by atoms with Crippen LogP contribution in [0.25, 0.3) is 0 Å². The third kappa shape index (κ3) is 3.54. The van der Waals surface area contributed by atoms with Gasteiger partial charge in [-0.2, -0.15) is 0 Å². The molecule has 1 unspecified atom stereocenters. The summed E-state index contributed by atoms with van der Waals surface area (Å²) < 4.78 is 14.7. The van der Waals surface area contributed by atoms with E-state index in [0.717, 1.165) is 10.0 Å². The van der Waals surface area contributed by atoms with Gasteiger partial charge < -0.3 is 0 Å². The van der Waals surface area contributed by atoms with Crippen molar-refractivity contribution in [3.8, 4) is 0 Å². The van der Waals surface area contributed by atoms with Crippen LogP contribution >= 0.6 is 27.5 Å². The lowest BCUT2D eigenvalue weighted by Crippen LogP contribution is -2.29. The molecule has 2 nitrogen and oxygen atoms in total. The Bertz CT molecular complexity index is 557. The van der Waals surface area contributed by atoms with Crippen molar-refractivity contribution in [2.75, 3.05) is 0 Å². The molecule has 0 aliphatic carbocycles. The van der Waals surface area contributed by atoms with Crippen molar-refractivity contribution < 1.29 is 4.39 Å². The number of rotatable bonds is 4. The molecule has 0 radical (unpaired) electrons. The summed E-state index contributed by atoms with van der Waals surface area (Å²) in [4.78, 5) is 0. The number of benzene rings is 2. The Hall–Kier alpha value is -0.940. The van der Waals surface area contributed by atoms with Gasteiger partial charge >= 0.3 is 0 Å². The van der Waals surface area contributed by atoms with Crippen LogP contribution in [0.2, 0.25) is 5.02 Å². The Morgan fingerprint density at radius 2 is 2.00 bits per heavy atom. The molecule has 1 atom stereocenters. The van der Waals surface area contributed by atoms with Gasteiger partial charge in [0.1, 0.15) is 5.82 Å². The second-order valence-electron chi connectivity index (χ2n) is 4.18. The molecule has 0 bridgehead atoms. The Balaban J connectivity index is 2.29. The van der Waals surface area contributed by atoms with Gasteiger partial charge in [-0.3, -0.25) is 11.3 Å². The molecule has 5 heteroatoms. The molecular formula is C14H13BrClFN2. The molecule has 0 saturated carbocycles. The van der Waals surface area contributed by atoms with Crippen molar-refractivity contribution in [2.24, 2.45) is 5.84 Å². The highest BCUT2D eigenvalue weighted by Gasteiger charge is 2.15. The molecule has 19 heavy (non-hydrogen) atoms. The zero-order valence-electron chi connectivity index (χ0n) is 10.0. The zero-order chi connectivity index (χ0) is 13.8. The van der Waals surface area contributed by atoms with Gasteiger partial charge in [0.25, 0.3) is 0 Å². The number of hydrogen-bond acceptors (Lipinski definition) is 2. The second kappa shape index (κ2) is 6.48. The molecular weight excluding hydrogens is 331 g/mol. The summed E-state index contributed by atoms with van der Waals surface area (Å²) >= 11 is 9.44. The first-order chi connectivity index (χ1) is 9.11. The summed E-state index contributed by atoms with van der Waals surface area (Å²) in [5.41, 5.74) is 4.14. The predicted molar refractivity (Wildman–Crippen MR) is 79.3 cm³/mol. The summed E-state index contributed by atoms with van der Waals surface area (Å²) in [6, 6.07) is 12.2. The highest BCUT2D eigenvalue weighted by atomic mass is 79.9. The van der Waals surface area contributed by atoms with Gasteiger partial charge in [-0.05, 0) is 36.2 Å². The van der Waals surface area contributed by atoms with Crippen LogP contribution in [0.15, 0.2) is 46.9 Å². The first kappa shape index (κ1) is 14.5. The van der Waals surface area contributed by atoms with Crippen LogP contribution in [-0.2, 0) is 6.42 Å². The molecule has 0 spiro atoms. The molecule has 0 amide bonds. The number of nitrogens with one attached hydrogen (secondary N) is 1. The average Bonchev–Trinajstić information content (AvgIpc) is 2.38. The van der Waals surface area contributed by atoms with Gasteiger partial charge in [0, 0.05) is 15.1 Å². The van der Waals surface area contributed by atoms with E-state index in [-0.39, 0.29) is 11.9 Å². The van der Waals surface area contributed by atoms with E-state index in [1.807, 2.05) is 24.3 Å².